The molecule has 0 aromatic rings. The first-order chi connectivity index (χ1) is 6.91. The third-order valence-electron chi connectivity index (χ3n) is 2.06. The molecule has 4 heteroatoms. The minimum absolute atomic E-state index is 0.289. The summed E-state index contributed by atoms with van der Waals surface area (Å²) in [5.41, 5.74) is -0.322. The van der Waals surface area contributed by atoms with Crippen LogP contribution in [0.2, 0.25) is 0 Å². The molecule has 2 atom stereocenters. The zero-order valence-corrected chi connectivity index (χ0v) is 10.2. The highest BCUT2D eigenvalue weighted by Crippen LogP contribution is 2.30. The van der Waals surface area contributed by atoms with Crippen LogP contribution in [0, 0.1) is 17.8 Å². The fraction of sp³-hybridized carbons (Fsp3) is 0.636. The number of hydrogen-bond acceptors (Lipinski definition) is 2. The molecular weight excluding hydrogens is 211 g/mol. The molecule has 0 aromatic heterocycles. The summed E-state index contributed by atoms with van der Waals surface area (Å²) in [7, 11) is -2.57. The molecule has 0 saturated carbocycles. The molecule has 15 heavy (non-hydrogen) atoms. The zero-order chi connectivity index (χ0) is 11.9. The molecule has 0 bridgehead atoms. The van der Waals surface area contributed by atoms with Crippen molar-refractivity contribution in [2.75, 3.05) is 0 Å². The molecule has 0 saturated heterocycles. The molecule has 0 heterocycles. The molecule has 0 rings (SSSR count). The molecule has 0 aliphatic carbocycles. The maximum Gasteiger partial charge on any atom is 0.694 e. The maximum atomic E-state index is 10.6. The van der Waals surface area contributed by atoms with Gasteiger partial charge in [-0.3, -0.25) is 0 Å². The van der Waals surface area contributed by atoms with Gasteiger partial charge in [-0.05, 0) is 33.1 Å². The Bertz CT molecular complexity index is 265. The van der Waals surface area contributed by atoms with Gasteiger partial charge in [-0.2, -0.15) is 0 Å². The Kier molecular flexibility index (Phi) is 6.43. The Hall–Kier alpha value is -0.680. The Balaban J connectivity index is 4.30. The zero-order valence-electron chi connectivity index (χ0n) is 9.27. The van der Waals surface area contributed by atoms with Gasteiger partial charge in [-0.25, -0.2) is 0 Å². The highest BCUT2D eigenvalue weighted by atomic mass is 31.1. The third-order valence-corrected chi connectivity index (χ3v) is 2.54. The molecule has 0 aliphatic heterocycles. The van der Waals surface area contributed by atoms with Gasteiger partial charge in [0.25, 0.3) is 0 Å². The highest BCUT2D eigenvalue weighted by Gasteiger charge is 2.28. The summed E-state index contributed by atoms with van der Waals surface area (Å²) in [4.78, 5) is 8.70. The van der Waals surface area contributed by atoms with Crippen molar-refractivity contribution in [3.05, 3.63) is 12.7 Å². The van der Waals surface area contributed by atoms with E-state index in [1.165, 1.54) is 0 Å². The molecular formula is C11H18O3P+. The monoisotopic (exact) mass is 229 g/mol. The topological polar surface area (TPSA) is 46.5 Å². The van der Waals surface area contributed by atoms with E-state index in [9.17, 15) is 4.57 Å². The van der Waals surface area contributed by atoms with Gasteiger partial charge in [0.1, 0.15) is 6.10 Å². The molecule has 1 N–H and O–H groups in total. The summed E-state index contributed by atoms with van der Waals surface area (Å²) in [6.45, 7) is 7.41. The van der Waals surface area contributed by atoms with Crippen LogP contribution in [0.25, 0.3) is 0 Å². The molecule has 3 nitrogen and oxygen atoms in total. The van der Waals surface area contributed by atoms with E-state index in [2.05, 4.69) is 12.5 Å². The lowest BCUT2D eigenvalue weighted by Crippen LogP contribution is -2.20. The number of hydrogen-bond donors (Lipinski definition) is 1. The number of allylic oxidation sites excluding steroid dienone is 1. The Morgan fingerprint density at radius 1 is 1.73 bits per heavy atom. The minimum Gasteiger partial charge on any atom is -0.133 e. The van der Waals surface area contributed by atoms with E-state index in [0.717, 1.165) is 6.42 Å². The van der Waals surface area contributed by atoms with Crippen molar-refractivity contribution in [2.45, 2.75) is 39.2 Å². The molecule has 84 valence electrons. The van der Waals surface area contributed by atoms with Gasteiger partial charge in [0.2, 0.25) is 0 Å². The smallest absolute Gasteiger partial charge is 0.133 e. The number of rotatable bonds is 7. The number of terminal acetylenes is 1. The van der Waals surface area contributed by atoms with E-state index in [4.69, 9.17) is 15.8 Å². The first-order valence-electron chi connectivity index (χ1n) is 4.83. The summed E-state index contributed by atoms with van der Waals surface area (Å²) in [5, 5.41) is 0. The van der Waals surface area contributed by atoms with Crippen LogP contribution < -0.4 is 0 Å². The van der Waals surface area contributed by atoms with Gasteiger partial charge in [0, 0.05) is 9.98 Å². The van der Waals surface area contributed by atoms with Crippen molar-refractivity contribution < 1.29 is 14.0 Å². The fourth-order valence-electron chi connectivity index (χ4n) is 1.25. The maximum absolute atomic E-state index is 10.6. The summed E-state index contributed by atoms with van der Waals surface area (Å²) < 4.78 is 15.5. The van der Waals surface area contributed by atoms with Crippen molar-refractivity contribution in [2.24, 2.45) is 5.41 Å². The molecule has 2 unspecified atom stereocenters. The van der Waals surface area contributed by atoms with Crippen LogP contribution in [0.3, 0.4) is 0 Å². The van der Waals surface area contributed by atoms with Crippen LogP contribution in [0.15, 0.2) is 12.7 Å². The molecule has 0 aromatic carbocycles. The first-order valence-corrected chi connectivity index (χ1v) is 5.96. The average Bonchev–Trinajstić information content (AvgIpc) is 2.13. The lowest BCUT2D eigenvalue weighted by Gasteiger charge is -2.20. The molecule has 0 amide bonds. The largest absolute Gasteiger partial charge is 0.694 e. The van der Waals surface area contributed by atoms with Crippen LogP contribution in [0.4, 0.5) is 0 Å². The SMILES string of the molecule is C#CC(C)(C)CC(CCC=C)O[P+](=O)O. The second kappa shape index (κ2) is 6.74. The molecule has 0 fully saturated rings. The van der Waals surface area contributed by atoms with Crippen molar-refractivity contribution in [1.82, 2.24) is 0 Å². The van der Waals surface area contributed by atoms with E-state index in [-0.39, 0.29) is 11.5 Å². The van der Waals surface area contributed by atoms with Crippen LogP contribution in [0.5, 0.6) is 0 Å². The van der Waals surface area contributed by atoms with Crippen molar-refractivity contribution in [3.8, 4) is 12.3 Å². The lowest BCUT2D eigenvalue weighted by atomic mass is 9.86. The van der Waals surface area contributed by atoms with Crippen molar-refractivity contribution >= 4 is 8.25 Å². The van der Waals surface area contributed by atoms with Crippen LogP contribution >= 0.6 is 8.25 Å². The van der Waals surface area contributed by atoms with E-state index < -0.39 is 8.25 Å². The Labute approximate surface area is 92.5 Å². The van der Waals surface area contributed by atoms with Gasteiger partial charge >= 0.3 is 8.25 Å². The summed E-state index contributed by atoms with van der Waals surface area (Å²) in [6.07, 6.45) is 8.79. The van der Waals surface area contributed by atoms with Crippen molar-refractivity contribution in [3.63, 3.8) is 0 Å². The predicted octanol–water partition coefficient (Wildman–Crippen LogP) is 3.04. The van der Waals surface area contributed by atoms with Gasteiger partial charge < -0.3 is 0 Å². The van der Waals surface area contributed by atoms with Gasteiger partial charge in [0.05, 0.1) is 0 Å². The highest BCUT2D eigenvalue weighted by molar-refractivity contribution is 7.32. The van der Waals surface area contributed by atoms with E-state index in [1.807, 2.05) is 13.8 Å². The lowest BCUT2D eigenvalue weighted by molar-refractivity contribution is 0.142. The third kappa shape index (κ3) is 7.27. The molecule has 0 spiro atoms. The summed E-state index contributed by atoms with van der Waals surface area (Å²) in [5.74, 6) is 2.64. The predicted molar refractivity (Wildman–Crippen MR) is 61.4 cm³/mol. The quantitative estimate of drug-likeness (QED) is 0.414. The first kappa shape index (κ1) is 14.3. The van der Waals surface area contributed by atoms with Crippen LogP contribution in [-0.4, -0.2) is 11.0 Å². The Morgan fingerprint density at radius 2 is 2.33 bits per heavy atom. The van der Waals surface area contributed by atoms with Crippen molar-refractivity contribution in [1.29, 1.82) is 0 Å². The normalized spacial score (nSPS) is 14.1. The van der Waals surface area contributed by atoms with E-state index in [0.29, 0.717) is 12.8 Å². The van der Waals surface area contributed by atoms with Crippen LogP contribution in [0.1, 0.15) is 33.1 Å². The Morgan fingerprint density at radius 3 is 2.73 bits per heavy atom. The second-order valence-corrected chi connectivity index (χ2v) is 4.75. The molecule has 0 radical (unpaired) electrons. The molecule has 0 aliphatic rings. The van der Waals surface area contributed by atoms with Gasteiger partial charge in [-0.15, -0.1) is 28.3 Å². The average molecular weight is 229 g/mol. The van der Waals surface area contributed by atoms with Crippen LogP contribution in [-0.2, 0) is 9.09 Å². The van der Waals surface area contributed by atoms with Gasteiger partial charge in [-0.1, -0.05) is 6.08 Å². The fourth-order valence-corrected chi connectivity index (χ4v) is 1.69. The van der Waals surface area contributed by atoms with Gasteiger partial charge in [0.15, 0.2) is 0 Å². The summed E-state index contributed by atoms with van der Waals surface area (Å²) >= 11 is 0. The van der Waals surface area contributed by atoms with E-state index >= 15 is 0 Å². The van der Waals surface area contributed by atoms with E-state index in [1.54, 1.807) is 6.08 Å². The summed E-state index contributed by atoms with van der Waals surface area (Å²) in [6, 6.07) is 0. The minimum atomic E-state index is -2.57. The second-order valence-electron chi connectivity index (χ2n) is 4.06. The standard InChI is InChI=1S/C11H17O3P/c1-5-7-8-10(14-15(12)13)9-11(3,4)6-2/h2,5,10H,1,7-9H2,3-4H3/p+1.